The number of carbonyl (C=O) groups excluding carboxylic acids is 3. The van der Waals surface area contributed by atoms with E-state index in [1.165, 1.54) is 25.9 Å². The van der Waals surface area contributed by atoms with Crippen LogP contribution in [0.25, 0.3) is 0 Å². The molecule has 0 aromatic heterocycles. The van der Waals surface area contributed by atoms with Crippen molar-refractivity contribution < 1.29 is 311 Å². The number of esters is 3. The molecule has 0 aliphatic carbocycles. The van der Waals surface area contributed by atoms with Crippen LogP contribution in [0.2, 0.25) is 0 Å². The first-order valence-electron chi connectivity index (χ1n) is 29.7. The number of hydrogen-bond donors (Lipinski definition) is 1. The van der Waals surface area contributed by atoms with Crippen molar-refractivity contribution in [2.45, 2.75) is 242 Å². The predicted octanol–water partition coefficient (Wildman–Crippen LogP) is 18.7. The molecule has 0 unspecified atom stereocenters. The summed E-state index contributed by atoms with van der Waals surface area (Å²) in [4.78, 5) is 34.9. The van der Waals surface area contributed by atoms with Gasteiger partial charge in [-0.15, -0.1) is 61.5 Å². The van der Waals surface area contributed by atoms with Gasteiger partial charge in [0.25, 0.3) is 0 Å². The van der Waals surface area contributed by atoms with E-state index >= 15 is 0 Å². The van der Waals surface area contributed by atoms with Gasteiger partial charge in [0.15, 0.2) is 6.61 Å². The zero-order chi connectivity index (χ0) is 95.7. The Morgan fingerprint density at radius 3 is 0.681 bits per heavy atom. The lowest BCUT2D eigenvalue weighted by molar-refractivity contribution is -0.647. The van der Waals surface area contributed by atoms with Gasteiger partial charge in [0.1, 0.15) is 0 Å². The molecule has 0 spiro atoms. The van der Waals surface area contributed by atoms with Gasteiger partial charge in [-0.1, -0.05) is 20.8 Å². The topological polar surface area (TPSA) is 247 Å². The second kappa shape index (κ2) is 38.5. The van der Waals surface area contributed by atoms with E-state index in [1.807, 2.05) is 25.5 Å². The summed E-state index contributed by atoms with van der Waals surface area (Å²) in [6, 6.07) is 0. The van der Waals surface area contributed by atoms with Gasteiger partial charge in [-0.25, -0.2) is 66.3 Å². The molecule has 23 nitrogen and oxygen atoms in total. The standard InChI is InChI=1S/C37H26F46O19.C13H26O4/c1-7-13(3,4)11(84)86-9-15(38,39)16(40,41)89-17(42,43)18(44,45)90-19(46,47)20(48,49)91-21(50,51)22(52,53)92-23(54,55)24(56,57)93-25(58,59)26(60,61)94-27(62,63)28(64,65)95-29(66,67)30(68,69)96-32(72,73)98-34(76,77)100-36(80,81)102-37(82,83)101-35(78,79)99-33(74,75)97-31(70,71)88-10-87-12(85)14(5,6)8-2;1-4-13(2,3)12(15)17-11-7-10-16-9-6-5-8-14/h7-10H2,1-6H3;14H,4-11H2,1-3H3. The van der Waals surface area contributed by atoms with Gasteiger partial charge in [0.05, 0.1) is 22.9 Å². The van der Waals surface area contributed by atoms with Crippen molar-refractivity contribution in [3.63, 3.8) is 0 Å². The molecule has 0 aliphatic heterocycles. The fraction of sp³-hybridized carbons (Fsp3) is 0.940. The minimum absolute atomic E-state index is 0.139. The number of aliphatic hydroxyl groups excluding tert-OH is 1. The molecule has 0 saturated carbocycles. The van der Waals surface area contributed by atoms with Crippen molar-refractivity contribution >= 4 is 17.9 Å². The Morgan fingerprint density at radius 1 is 0.235 bits per heavy atom. The number of ether oxygens (including phenoxy) is 19. The Labute approximate surface area is 628 Å². The van der Waals surface area contributed by atoms with Crippen molar-refractivity contribution in [1.82, 2.24) is 0 Å². The van der Waals surface area contributed by atoms with Gasteiger partial charge in [-0.2, -0.15) is 140 Å². The third-order valence-electron chi connectivity index (χ3n) is 12.7. The Kier molecular flexibility index (Phi) is 37.4. The molecule has 1 N–H and O–H groups in total. The minimum atomic E-state index is -8.84. The fourth-order valence-corrected chi connectivity index (χ4v) is 5.32. The van der Waals surface area contributed by atoms with Crippen LogP contribution in [0.1, 0.15) is 101 Å². The van der Waals surface area contributed by atoms with Gasteiger partial charge in [0.2, 0.25) is 6.79 Å². The lowest BCUT2D eigenvalue weighted by atomic mass is 9.91. The molecule has 0 aliphatic rings. The molecule has 0 heterocycles. The van der Waals surface area contributed by atoms with Crippen molar-refractivity contribution in [2.24, 2.45) is 16.2 Å². The Hall–Kier alpha value is -5.49. The maximum absolute atomic E-state index is 13.9. The molecule has 0 fully saturated rings. The van der Waals surface area contributed by atoms with Gasteiger partial charge >= 0.3 is 160 Å². The van der Waals surface area contributed by atoms with Crippen LogP contribution in [0.15, 0.2) is 0 Å². The van der Waals surface area contributed by atoms with Gasteiger partial charge in [-0.05, 0) is 73.6 Å². The van der Waals surface area contributed by atoms with Gasteiger partial charge < -0.3 is 24.1 Å². The highest BCUT2D eigenvalue weighted by Gasteiger charge is 2.83. The van der Waals surface area contributed by atoms with E-state index in [1.54, 1.807) is 14.2 Å². The number of carbonyl (C=O) groups is 3. The molecule has 0 atom stereocenters. The zero-order valence-electron chi connectivity index (χ0n) is 58.8. The molecular formula is C50H52F46O23. The Morgan fingerprint density at radius 2 is 0.437 bits per heavy atom. The summed E-state index contributed by atoms with van der Waals surface area (Å²) in [5.41, 5.74) is -3.87. The second-order valence-electron chi connectivity index (χ2n) is 23.6. The number of alkyl halides is 46. The molecular weight excluding hydrogens is 1840 g/mol. The van der Waals surface area contributed by atoms with Gasteiger partial charge in [0, 0.05) is 26.2 Å². The largest absolute Gasteiger partial charge is 0.498 e. The second-order valence-corrected chi connectivity index (χ2v) is 23.6. The lowest BCUT2D eigenvalue weighted by Gasteiger charge is -2.37. The average Bonchev–Trinajstić information content (AvgIpc) is 0.746. The van der Waals surface area contributed by atoms with Crippen LogP contribution in [0.5, 0.6) is 0 Å². The molecule has 0 saturated heterocycles. The van der Waals surface area contributed by atoms with Crippen LogP contribution < -0.4 is 0 Å². The van der Waals surface area contributed by atoms with Crippen LogP contribution >= 0.6 is 0 Å². The summed E-state index contributed by atoms with van der Waals surface area (Å²) in [6.07, 6.45) is -177. The Bertz CT molecular complexity index is 3210. The SMILES string of the molecule is CCC(C)(C)C(=O)OCCCOCCCCO.CCC(C)(C)C(=O)OCOC(F)(F)OC(F)(F)OC(F)(F)OC(F)(F)OC(F)(F)OC(F)(F)OC(F)(F)OC(F)(F)C(F)(F)OC(F)(F)C(F)(F)OC(F)(F)C(F)(F)OC(F)(F)C(F)(F)OC(F)(F)C(F)(F)OC(F)(F)C(F)(F)OC(F)(F)C(F)(F)OC(F)(F)C(F)(F)COC(=O)C(C)(C)CC. The van der Waals surface area contributed by atoms with E-state index in [0.717, 1.165) is 84.0 Å². The van der Waals surface area contributed by atoms with Gasteiger partial charge in [-0.3, -0.25) is 19.1 Å². The molecule has 119 heavy (non-hydrogen) atoms. The van der Waals surface area contributed by atoms with Crippen molar-refractivity contribution in [2.75, 3.05) is 39.8 Å². The van der Waals surface area contributed by atoms with Crippen molar-refractivity contribution in [3.05, 3.63) is 0 Å². The normalized spacial score (nSPS) is 15.4. The zero-order valence-corrected chi connectivity index (χ0v) is 58.8. The van der Waals surface area contributed by atoms with E-state index < -0.39 is 184 Å². The highest BCUT2D eigenvalue weighted by atomic mass is 19.4. The summed E-state index contributed by atoms with van der Waals surface area (Å²) < 4.78 is 674. The Balaban J connectivity index is 0. The van der Waals surface area contributed by atoms with Crippen LogP contribution in [0.4, 0.5) is 202 Å². The molecule has 0 aromatic rings. The first kappa shape index (κ1) is 116. The van der Waals surface area contributed by atoms with Crippen LogP contribution in [-0.2, 0) is 104 Å². The minimum Gasteiger partial charge on any atom is -0.465 e. The molecule has 712 valence electrons. The summed E-state index contributed by atoms with van der Waals surface area (Å²) in [6.45, 7) is 8.32. The van der Waals surface area contributed by atoms with E-state index in [-0.39, 0.29) is 24.4 Å². The number of rotatable bonds is 55. The lowest BCUT2D eigenvalue weighted by Crippen LogP contribution is -2.63. The van der Waals surface area contributed by atoms with Crippen LogP contribution in [-0.4, -0.2) is 204 Å². The first-order valence-corrected chi connectivity index (χ1v) is 29.7. The van der Waals surface area contributed by atoms with Crippen LogP contribution in [0, 0.1) is 16.2 Å². The summed E-state index contributed by atoms with van der Waals surface area (Å²) >= 11 is 0. The average molecular weight is 1890 g/mol. The predicted molar refractivity (Wildman–Crippen MR) is 267 cm³/mol. The van der Waals surface area contributed by atoms with E-state index in [2.05, 4.69) is 18.9 Å². The summed E-state index contributed by atoms with van der Waals surface area (Å²) in [7, 11) is 0. The molecule has 0 amide bonds. The van der Waals surface area contributed by atoms with Crippen molar-refractivity contribution in [1.29, 1.82) is 0 Å². The number of aliphatic hydroxyl groups is 1. The monoisotopic (exact) mass is 1890 g/mol. The summed E-state index contributed by atoms with van der Waals surface area (Å²) in [5.74, 6) is -10.1. The third kappa shape index (κ3) is 34.2. The van der Waals surface area contributed by atoms with E-state index in [9.17, 15) is 216 Å². The fourth-order valence-electron chi connectivity index (χ4n) is 5.32. The van der Waals surface area contributed by atoms with E-state index in [4.69, 9.17) is 14.6 Å². The smallest absolute Gasteiger partial charge is 0.465 e. The summed E-state index contributed by atoms with van der Waals surface area (Å²) in [5, 5.41) is 8.55. The maximum Gasteiger partial charge on any atom is 0.498 e. The van der Waals surface area contributed by atoms with Crippen LogP contribution in [0.3, 0.4) is 0 Å². The molecule has 0 radical (unpaired) electrons. The quantitative estimate of drug-likeness (QED) is 0.0195. The van der Waals surface area contributed by atoms with Crippen molar-refractivity contribution in [3.8, 4) is 0 Å². The maximum atomic E-state index is 13.9. The number of unbranched alkanes of at least 4 members (excludes halogenated alkanes) is 1. The molecule has 0 rings (SSSR count). The molecule has 69 heteroatoms. The molecule has 0 bridgehead atoms. The first-order chi connectivity index (χ1) is 51.8. The highest BCUT2D eigenvalue weighted by molar-refractivity contribution is 5.76. The molecule has 0 aromatic carbocycles. The van der Waals surface area contributed by atoms with E-state index in [0.29, 0.717) is 19.8 Å². The highest BCUT2D eigenvalue weighted by Crippen LogP contribution is 2.57. The third-order valence-corrected chi connectivity index (χ3v) is 12.7. The number of halogens is 46. The number of hydrogen-bond acceptors (Lipinski definition) is 23.